The van der Waals surface area contributed by atoms with Crippen molar-refractivity contribution >= 4 is 26.8 Å². The Kier molecular flexibility index (Phi) is 4.98. The van der Waals surface area contributed by atoms with Gasteiger partial charge in [-0.15, -0.1) is 0 Å². The third-order valence-electron chi connectivity index (χ3n) is 6.08. The van der Waals surface area contributed by atoms with E-state index in [4.69, 9.17) is 4.52 Å². The van der Waals surface area contributed by atoms with Crippen molar-refractivity contribution in [3.63, 3.8) is 0 Å². The second-order valence-corrected chi connectivity index (χ2v) is 10.2. The largest absolute Gasteiger partial charge is 0.339 e. The molecule has 0 radical (unpaired) electrons. The van der Waals surface area contributed by atoms with Crippen LogP contribution in [0.1, 0.15) is 46.9 Å². The van der Waals surface area contributed by atoms with E-state index in [0.29, 0.717) is 56.4 Å². The minimum Gasteiger partial charge on any atom is -0.339 e. The lowest BCUT2D eigenvalue weighted by Crippen LogP contribution is -2.48. The van der Waals surface area contributed by atoms with E-state index in [1.807, 2.05) is 30.3 Å². The van der Waals surface area contributed by atoms with Crippen molar-refractivity contribution < 1.29 is 17.7 Å². The maximum absolute atomic E-state index is 12.8. The SMILES string of the molecule is CS(=O)(=O)N1CCC(c2noc(C3CN(C(=O)c4ccc5ccccc5n4)C3)n2)CC1. The zero-order valence-corrected chi connectivity index (χ0v) is 18.0. The van der Waals surface area contributed by atoms with Crippen LogP contribution in [0.5, 0.6) is 0 Å². The highest BCUT2D eigenvalue weighted by Crippen LogP contribution is 2.31. The van der Waals surface area contributed by atoms with Crippen LogP contribution in [-0.2, 0) is 10.0 Å². The lowest BCUT2D eigenvalue weighted by Gasteiger charge is -2.36. The number of carbonyl (C=O) groups excluding carboxylic acids is 1. The summed E-state index contributed by atoms with van der Waals surface area (Å²) in [5.74, 6) is 1.17. The van der Waals surface area contributed by atoms with Crippen molar-refractivity contribution in [2.45, 2.75) is 24.7 Å². The molecule has 2 aliphatic heterocycles. The van der Waals surface area contributed by atoms with Gasteiger partial charge in [0.1, 0.15) is 5.69 Å². The smallest absolute Gasteiger partial charge is 0.272 e. The van der Waals surface area contributed by atoms with Crippen LogP contribution in [0.2, 0.25) is 0 Å². The Labute approximate surface area is 180 Å². The van der Waals surface area contributed by atoms with Crippen molar-refractivity contribution in [2.24, 2.45) is 0 Å². The quantitative estimate of drug-likeness (QED) is 0.609. The van der Waals surface area contributed by atoms with Crippen LogP contribution in [0.4, 0.5) is 0 Å². The first-order valence-corrected chi connectivity index (χ1v) is 12.2. The number of benzene rings is 1. The Morgan fingerprint density at radius 2 is 1.77 bits per heavy atom. The zero-order valence-electron chi connectivity index (χ0n) is 17.1. The molecule has 162 valence electrons. The molecule has 2 aliphatic rings. The van der Waals surface area contributed by atoms with E-state index in [1.54, 1.807) is 11.0 Å². The summed E-state index contributed by atoms with van der Waals surface area (Å²) in [5, 5.41) is 5.12. The topological polar surface area (TPSA) is 110 Å². The molecule has 2 aromatic heterocycles. The van der Waals surface area contributed by atoms with Crippen LogP contribution in [0.25, 0.3) is 10.9 Å². The van der Waals surface area contributed by atoms with Gasteiger partial charge in [0.15, 0.2) is 5.82 Å². The molecular weight excluding hydrogens is 418 g/mol. The van der Waals surface area contributed by atoms with Gasteiger partial charge in [0, 0.05) is 37.5 Å². The predicted octanol–water partition coefficient (Wildman–Crippen LogP) is 2.00. The highest BCUT2D eigenvalue weighted by Gasteiger charge is 2.37. The fourth-order valence-electron chi connectivity index (χ4n) is 4.17. The van der Waals surface area contributed by atoms with E-state index in [9.17, 15) is 13.2 Å². The molecule has 5 rings (SSSR count). The van der Waals surface area contributed by atoms with Gasteiger partial charge in [-0.2, -0.15) is 4.98 Å². The maximum atomic E-state index is 12.8. The average molecular weight is 442 g/mol. The van der Waals surface area contributed by atoms with Crippen molar-refractivity contribution in [1.29, 1.82) is 0 Å². The van der Waals surface area contributed by atoms with E-state index in [0.717, 1.165) is 10.9 Å². The number of carbonyl (C=O) groups is 1. The average Bonchev–Trinajstić information content (AvgIpc) is 3.21. The van der Waals surface area contributed by atoms with Crippen molar-refractivity contribution in [3.05, 3.63) is 53.8 Å². The zero-order chi connectivity index (χ0) is 21.6. The first-order valence-electron chi connectivity index (χ1n) is 10.3. The molecule has 31 heavy (non-hydrogen) atoms. The minimum absolute atomic E-state index is 0.0155. The highest BCUT2D eigenvalue weighted by molar-refractivity contribution is 7.88. The Balaban J connectivity index is 1.19. The molecule has 0 unspecified atom stereocenters. The summed E-state index contributed by atoms with van der Waals surface area (Å²) >= 11 is 0. The Morgan fingerprint density at radius 1 is 1.03 bits per heavy atom. The van der Waals surface area contributed by atoms with Gasteiger partial charge in [0.25, 0.3) is 5.91 Å². The van der Waals surface area contributed by atoms with Crippen LogP contribution in [0.3, 0.4) is 0 Å². The Morgan fingerprint density at radius 3 is 2.52 bits per heavy atom. The number of fused-ring (bicyclic) bond motifs is 1. The molecule has 0 spiro atoms. The number of sulfonamides is 1. The molecule has 2 fully saturated rings. The molecule has 1 amide bonds. The van der Waals surface area contributed by atoms with Crippen molar-refractivity contribution in [1.82, 2.24) is 24.3 Å². The number of rotatable bonds is 4. The van der Waals surface area contributed by atoms with Crippen molar-refractivity contribution in [3.8, 4) is 0 Å². The van der Waals surface area contributed by atoms with Crippen LogP contribution in [0, 0.1) is 0 Å². The summed E-state index contributed by atoms with van der Waals surface area (Å²) in [4.78, 5) is 23.5. The van der Waals surface area contributed by atoms with Gasteiger partial charge in [-0.25, -0.2) is 17.7 Å². The number of hydrogen-bond donors (Lipinski definition) is 0. The first-order chi connectivity index (χ1) is 14.9. The molecule has 9 nitrogen and oxygen atoms in total. The van der Waals surface area contributed by atoms with E-state index >= 15 is 0 Å². The lowest BCUT2D eigenvalue weighted by atomic mass is 9.97. The number of nitrogens with zero attached hydrogens (tertiary/aromatic N) is 5. The molecule has 4 heterocycles. The van der Waals surface area contributed by atoms with Gasteiger partial charge in [-0.3, -0.25) is 4.79 Å². The highest BCUT2D eigenvalue weighted by atomic mass is 32.2. The predicted molar refractivity (Wildman–Crippen MR) is 113 cm³/mol. The summed E-state index contributed by atoms with van der Waals surface area (Å²) in [6, 6.07) is 11.4. The summed E-state index contributed by atoms with van der Waals surface area (Å²) in [6.07, 6.45) is 2.58. The number of aromatic nitrogens is 3. The van der Waals surface area contributed by atoms with Crippen LogP contribution >= 0.6 is 0 Å². The molecular formula is C21H23N5O4S. The Hall–Kier alpha value is -2.85. The maximum Gasteiger partial charge on any atom is 0.272 e. The van der Waals surface area contributed by atoms with Gasteiger partial charge >= 0.3 is 0 Å². The molecule has 0 aliphatic carbocycles. The van der Waals surface area contributed by atoms with E-state index in [1.165, 1.54) is 10.6 Å². The fraction of sp³-hybridized carbons (Fsp3) is 0.429. The van der Waals surface area contributed by atoms with Gasteiger partial charge in [0.05, 0.1) is 17.7 Å². The summed E-state index contributed by atoms with van der Waals surface area (Å²) in [6.45, 7) is 1.97. The number of likely N-dealkylation sites (tertiary alicyclic amines) is 1. The second kappa shape index (κ2) is 7.69. The van der Waals surface area contributed by atoms with Crippen molar-refractivity contribution in [2.75, 3.05) is 32.4 Å². The summed E-state index contributed by atoms with van der Waals surface area (Å²) < 4.78 is 30.3. The molecule has 0 N–H and O–H groups in total. The molecule has 0 atom stereocenters. The summed E-state index contributed by atoms with van der Waals surface area (Å²) in [5.41, 5.74) is 1.23. The standard InChI is InChI=1S/C21H23N5O4S/c1-31(28,29)26-10-8-15(9-11-26)19-23-20(30-24-19)16-12-25(13-16)21(27)18-7-6-14-4-2-3-5-17(14)22-18/h2-7,15-16H,8-13H2,1H3. The van der Waals surface area contributed by atoms with Gasteiger partial charge in [-0.1, -0.05) is 29.4 Å². The first kappa shape index (κ1) is 20.1. The number of pyridine rings is 1. The molecule has 0 bridgehead atoms. The second-order valence-electron chi connectivity index (χ2n) is 8.22. The summed E-state index contributed by atoms with van der Waals surface area (Å²) in [7, 11) is -3.16. The molecule has 1 aromatic carbocycles. The lowest BCUT2D eigenvalue weighted by molar-refractivity contribution is 0.0563. The molecule has 0 saturated carbocycles. The molecule has 3 aromatic rings. The number of hydrogen-bond acceptors (Lipinski definition) is 7. The third-order valence-corrected chi connectivity index (χ3v) is 7.38. The van der Waals surface area contributed by atoms with Gasteiger partial charge in [-0.05, 0) is 25.0 Å². The van der Waals surface area contributed by atoms with E-state index in [2.05, 4.69) is 15.1 Å². The number of piperidine rings is 1. The van der Waals surface area contributed by atoms with Crippen LogP contribution in [0.15, 0.2) is 40.9 Å². The third kappa shape index (κ3) is 3.92. The monoisotopic (exact) mass is 441 g/mol. The Bertz CT molecular complexity index is 1230. The molecule has 2 saturated heterocycles. The normalized spacial score (nSPS) is 18.9. The van der Waals surface area contributed by atoms with Crippen LogP contribution < -0.4 is 0 Å². The fourth-order valence-corrected chi connectivity index (χ4v) is 5.05. The number of para-hydroxylation sites is 1. The van der Waals surface area contributed by atoms with Gasteiger partial charge in [0.2, 0.25) is 15.9 Å². The van der Waals surface area contributed by atoms with Crippen LogP contribution in [-0.4, -0.2) is 71.1 Å². The van der Waals surface area contributed by atoms with E-state index < -0.39 is 10.0 Å². The molecule has 10 heteroatoms. The minimum atomic E-state index is -3.16. The van der Waals surface area contributed by atoms with Gasteiger partial charge < -0.3 is 9.42 Å². The number of amides is 1. The van der Waals surface area contributed by atoms with E-state index in [-0.39, 0.29) is 17.7 Å².